The highest BCUT2D eigenvalue weighted by Gasteiger charge is 2.26. The van der Waals surface area contributed by atoms with E-state index in [0.29, 0.717) is 11.1 Å². The second-order valence-corrected chi connectivity index (χ2v) is 5.09. The van der Waals surface area contributed by atoms with Gasteiger partial charge in [0.15, 0.2) is 0 Å². The van der Waals surface area contributed by atoms with E-state index in [0.717, 1.165) is 18.2 Å². The predicted molar refractivity (Wildman–Crippen MR) is 71.8 cm³/mol. The van der Waals surface area contributed by atoms with Gasteiger partial charge in [0.05, 0.1) is 12.1 Å². The number of hydrogen-bond acceptors (Lipinski definition) is 2. The van der Waals surface area contributed by atoms with Crippen LogP contribution in [0.5, 0.6) is 5.75 Å². The summed E-state index contributed by atoms with van der Waals surface area (Å²) < 4.78 is 5.27. The molecule has 0 saturated heterocycles. The van der Waals surface area contributed by atoms with Crippen LogP contribution >= 0.6 is 11.6 Å². The molecule has 1 aromatic rings. The van der Waals surface area contributed by atoms with Crippen molar-refractivity contribution in [1.29, 1.82) is 0 Å². The molecule has 0 radical (unpaired) electrons. The molecule has 1 aliphatic rings. The van der Waals surface area contributed by atoms with Crippen LogP contribution in [0.2, 0.25) is 5.02 Å². The lowest BCUT2D eigenvalue weighted by molar-refractivity contribution is 0.412. The summed E-state index contributed by atoms with van der Waals surface area (Å²) in [5.74, 6) is 1.67. The number of halogens is 1. The first kappa shape index (κ1) is 12.7. The molecule has 2 rings (SSSR count). The Hall–Kier alpha value is -0.730. The molecule has 2 nitrogen and oxygen atoms in total. The van der Waals surface area contributed by atoms with Crippen molar-refractivity contribution >= 4 is 11.6 Å². The van der Waals surface area contributed by atoms with E-state index in [1.807, 2.05) is 6.07 Å². The molecule has 1 unspecified atom stereocenters. The first-order valence-corrected chi connectivity index (χ1v) is 6.69. The van der Waals surface area contributed by atoms with Crippen molar-refractivity contribution < 1.29 is 4.74 Å². The molecule has 0 heterocycles. The minimum atomic E-state index is 0.429. The quantitative estimate of drug-likeness (QED) is 0.833. The van der Waals surface area contributed by atoms with E-state index in [9.17, 15) is 0 Å². The van der Waals surface area contributed by atoms with E-state index in [1.54, 1.807) is 7.11 Å². The van der Waals surface area contributed by atoms with Crippen LogP contribution in [0.3, 0.4) is 0 Å². The van der Waals surface area contributed by atoms with Crippen LogP contribution in [-0.2, 0) is 0 Å². The summed E-state index contributed by atoms with van der Waals surface area (Å²) in [6.07, 6.45) is 3.98. The molecule has 0 spiro atoms. The standard InChI is InChI=1S/C14H20ClNO/c1-3-16-13(8-10-4-5-10)11-6-7-12(15)14(9-11)17-2/h6-7,9-10,13,16H,3-5,8H2,1-2H3. The van der Waals surface area contributed by atoms with E-state index in [2.05, 4.69) is 24.4 Å². The number of rotatable bonds is 6. The van der Waals surface area contributed by atoms with E-state index >= 15 is 0 Å². The van der Waals surface area contributed by atoms with Crippen LogP contribution in [-0.4, -0.2) is 13.7 Å². The average molecular weight is 254 g/mol. The van der Waals surface area contributed by atoms with E-state index in [1.165, 1.54) is 24.8 Å². The van der Waals surface area contributed by atoms with Crippen LogP contribution in [0.1, 0.15) is 37.8 Å². The lowest BCUT2D eigenvalue weighted by Crippen LogP contribution is -2.21. The van der Waals surface area contributed by atoms with Gasteiger partial charge in [-0.25, -0.2) is 0 Å². The monoisotopic (exact) mass is 253 g/mol. The summed E-state index contributed by atoms with van der Waals surface area (Å²) in [6, 6.07) is 6.50. The molecule has 1 fully saturated rings. The lowest BCUT2D eigenvalue weighted by atomic mass is 10.0. The van der Waals surface area contributed by atoms with Crippen molar-refractivity contribution in [2.24, 2.45) is 5.92 Å². The lowest BCUT2D eigenvalue weighted by Gasteiger charge is -2.19. The second kappa shape index (κ2) is 5.74. The first-order chi connectivity index (χ1) is 8.24. The number of benzene rings is 1. The first-order valence-electron chi connectivity index (χ1n) is 6.31. The minimum Gasteiger partial charge on any atom is -0.495 e. The molecule has 1 N–H and O–H groups in total. The summed E-state index contributed by atoms with van der Waals surface area (Å²) in [5.41, 5.74) is 1.28. The summed E-state index contributed by atoms with van der Waals surface area (Å²) >= 11 is 6.05. The van der Waals surface area contributed by atoms with Crippen LogP contribution in [0.15, 0.2) is 18.2 Å². The minimum absolute atomic E-state index is 0.429. The summed E-state index contributed by atoms with van der Waals surface area (Å²) in [5, 5.41) is 4.22. The molecular formula is C14H20ClNO. The number of ether oxygens (including phenoxy) is 1. The summed E-state index contributed by atoms with van der Waals surface area (Å²) in [4.78, 5) is 0. The van der Waals surface area contributed by atoms with Gasteiger partial charge in [0.25, 0.3) is 0 Å². The SMILES string of the molecule is CCNC(CC1CC1)c1ccc(Cl)c(OC)c1. The molecular weight excluding hydrogens is 234 g/mol. The molecule has 94 valence electrons. The molecule has 1 aromatic carbocycles. The Morgan fingerprint density at radius 1 is 1.47 bits per heavy atom. The fraction of sp³-hybridized carbons (Fsp3) is 0.571. The molecule has 1 aliphatic carbocycles. The zero-order chi connectivity index (χ0) is 12.3. The second-order valence-electron chi connectivity index (χ2n) is 4.68. The predicted octanol–water partition coefficient (Wildman–Crippen LogP) is 3.80. The molecule has 3 heteroatoms. The van der Waals surface area contributed by atoms with E-state index < -0.39 is 0 Å². The van der Waals surface area contributed by atoms with Crippen LogP contribution in [0.25, 0.3) is 0 Å². The zero-order valence-electron chi connectivity index (χ0n) is 10.5. The van der Waals surface area contributed by atoms with Gasteiger partial charge in [-0.05, 0) is 36.6 Å². The van der Waals surface area contributed by atoms with Crippen LogP contribution < -0.4 is 10.1 Å². The fourth-order valence-corrected chi connectivity index (χ4v) is 2.36. The highest BCUT2D eigenvalue weighted by molar-refractivity contribution is 6.32. The molecule has 0 aliphatic heterocycles. The van der Waals surface area contributed by atoms with Crippen molar-refractivity contribution in [2.45, 2.75) is 32.2 Å². The van der Waals surface area contributed by atoms with Gasteiger partial charge in [0.2, 0.25) is 0 Å². The number of methoxy groups -OCH3 is 1. The highest BCUT2D eigenvalue weighted by atomic mass is 35.5. The molecule has 1 atom stereocenters. The van der Waals surface area contributed by atoms with Crippen molar-refractivity contribution in [2.75, 3.05) is 13.7 Å². The average Bonchev–Trinajstić information content (AvgIpc) is 3.13. The molecule has 17 heavy (non-hydrogen) atoms. The molecule has 0 aromatic heterocycles. The smallest absolute Gasteiger partial charge is 0.137 e. The third-order valence-corrected chi connectivity index (χ3v) is 3.61. The maximum absolute atomic E-state index is 6.05. The van der Waals surface area contributed by atoms with Crippen molar-refractivity contribution in [3.05, 3.63) is 28.8 Å². The Balaban J connectivity index is 2.15. The van der Waals surface area contributed by atoms with Gasteiger partial charge in [-0.15, -0.1) is 0 Å². The number of hydrogen-bond donors (Lipinski definition) is 1. The fourth-order valence-electron chi connectivity index (χ4n) is 2.16. The van der Waals surface area contributed by atoms with Crippen molar-refractivity contribution in [1.82, 2.24) is 5.32 Å². The van der Waals surface area contributed by atoms with Gasteiger partial charge in [0.1, 0.15) is 5.75 Å². The Morgan fingerprint density at radius 2 is 2.24 bits per heavy atom. The van der Waals surface area contributed by atoms with Gasteiger partial charge >= 0.3 is 0 Å². The van der Waals surface area contributed by atoms with Gasteiger partial charge in [-0.2, -0.15) is 0 Å². The van der Waals surface area contributed by atoms with Gasteiger partial charge < -0.3 is 10.1 Å². The maximum Gasteiger partial charge on any atom is 0.137 e. The van der Waals surface area contributed by atoms with Crippen LogP contribution in [0, 0.1) is 5.92 Å². The largest absolute Gasteiger partial charge is 0.495 e. The molecule has 0 bridgehead atoms. The summed E-state index contributed by atoms with van der Waals surface area (Å²) in [6.45, 7) is 3.13. The third-order valence-electron chi connectivity index (χ3n) is 3.29. The van der Waals surface area contributed by atoms with E-state index in [4.69, 9.17) is 16.3 Å². The number of nitrogens with one attached hydrogen (secondary N) is 1. The third kappa shape index (κ3) is 3.36. The maximum atomic E-state index is 6.05. The Morgan fingerprint density at radius 3 is 2.82 bits per heavy atom. The Bertz CT molecular complexity index is 376. The van der Waals surface area contributed by atoms with Gasteiger partial charge in [-0.3, -0.25) is 0 Å². The Labute approximate surface area is 108 Å². The van der Waals surface area contributed by atoms with E-state index in [-0.39, 0.29) is 0 Å². The molecule has 1 saturated carbocycles. The topological polar surface area (TPSA) is 21.3 Å². The Kier molecular flexibility index (Phi) is 4.30. The zero-order valence-corrected chi connectivity index (χ0v) is 11.3. The van der Waals surface area contributed by atoms with Crippen molar-refractivity contribution in [3.8, 4) is 5.75 Å². The normalized spacial score (nSPS) is 16.9. The van der Waals surface area contributed by atoms with Crippen molar-refractivity contribution in [3.63, 3.8) is 0 Å². The summed E-state index contributed by atoms with van der Waals surface area (Å²) in [7, 11) is 1.66. The van der Waals surface area contributed by atoms with Crippen LogP contribution in [0.4, 0.5) is 0 Å². The van der Waals surface area contributed by atoms with Gasteiger partial charge in [0, 0.05) is 6.04 Å². The highest BCUT2D eigenvalue weighted by Crippen LogP contribution is 2.38. The molecule has 0 amide bonds. The van der Waals surface area contributed by atoms with Gasteiger partial charge in [-0.1, -0.05) is 37.4 Å².